The minimum Gasteiger partial charge on any atom is -0.351 e. The van der Waals surface area contributed by atoms with Crippen molar-refractivity contribution in [2.24, 2.45) is 5.73 Å². The van der Waals surface area contributed by atoms with Crippen LogP contribution >= 0.6 is 0 Å². The summed E-state index contributed by atoms with van der Waals surface area (Å²) in [5.74, 6) is -0.0981. The molecule has 1 atom stereocenters. The maximum atomic E-state index is 11.6. The summed E-state index contributed by atoms with van der Waals surface area (Å²) < 4.78 is 0. The Hall–Kier alpha value is -1.39. The molecule has 0 spiro atoms. The van der Waals surface area contributed by atoms with E-state index in [1.165, 1.54) is 0 Å². The molecule has 0 bridgehead atoms. The van der Waals surface area contributed by atoms with Crippen LogP contribution in [0.25, 0.3) is 0 Å². The summed E-state index contributed by atoms with van der Waals surface area (Å²) in [4.78, 5) is 11.6. The molecule has 4 N–H and O–H groups in total. The molecule has 1 amide bonds. The van der Waals surface area contributed by atoms with Gasteiger partial charge < -0.3 is 16.4 Å². The van der Waals surface area contributed by atoms with Crippen LogP contribution in [0.15, 0.2) is 30.3 Å². The predicted molar refractivity (Wildman–Crippen MR) is 64.8 cm³/mol. The number of nitrogens with two attached hydrogens (primary N) is 1. The van der Waals surface area contributed by atoms with Crippen LogP contribution in [0.5, 0.6) is 0 Å². The molecule has 0 saturated carbocycles. The lowest BCUT2D eigenvalue weighted by molar-refractivity contribution is -0.122. The third kappa shape index (κ3) is 4.42. The highest BCUT2D eigenvalue weighted by atomic mass is 16.2. The van der Waals surface area contributed by atoms with Gasteiger partial charge in [-0.15, -0.1) is 0 Å². The highest BCUT2D eigenvalue weighted by Gasteiger charge is 2.11. The van der Waals surface area contributed by atoms with E-state index < -0.39 is 6.04 Å². The van der Waals surface area contributed by atoms with Gasteiger partial charge in [-0.2, -0.15) is 0 Å². The van der Waals surface area contributed by atoms with Crippen molar-refractivity contribution >= 4 is 5.91 Å². The number of hydrogen-bond acceptors (Lipinski definition) is 3. The summed E-state index contributed by atoms with van der Waals surface area (Å²) in [6.45, 7) is 1.28. The van der Waals surface area contributed by atoms with E-state index in [1.54, 1.807) is 0 Å². The van der Waals surface area contributed by atoms with Gasteiger partial charge in [-0.05, 0) is 25.6 Å². The van der Waals surface area contributed by atoms with Crippen LogP contribution in [-0.4, -0.2) is 25.5 Å². The van der Waals surface area contributed by atoms with E-state index in [0.29, 0.717) is 13.0 Å². The number of nitrogens with one attached hydrogen (secondary N) is 2. The summed E-state index contributed by atoms with van der Waals surface area (Å²) in [5, 5.41) is 5.78. The van der Waals surface area contributed by atoms with Gasteiger partial charge in [0.1, 0.15) is 0 Å². The Morgan fingerprint density at radius 1 is 1.38 bits per heavy atom. The zero-order valence-corrected chi connectivity index (χ0v) is 9.57. The van der Waals surface area contributed by atoms with Crippen molar-refractivity contribution in [2.75, 3.05) is 13.6 Å². The number of amides is 1. The van der Waals surface area contributed by atoms with E-state index in [0.717, 1.165) is 12.1 Å². The zero-order chi connectivity index (χ0) is 11.8. The number of benzene rings is 1. The molecule has 0 saturated heterocycles. The van der Waals surface area contributed by atoms with Crippen molar-refractivity contribution in [1.29, 1.82) is 0 Å². The van der Waals surface area contributed by atoms with Crippen LogP contribution in [0.1, 0.15) is 12.0 Å². The number of rotatable bonds is 6. The van der Waals surface area contributed by atoms with Crippen LogP contribution in [-0.2, 0) is 11.3 Å². The first-order chi connectivity index (χ1) is 7.74. The number of carbonyl (C=O) groups excluding carboxylic acids is 1. The van der Waals surface area contributed by atoms with Crippen molar-refractivity contribution in [3.8, 4) is 0 Å². The first-order valence-corrected chi connectivity index (χ1v) is 5.46. The molecule has 1 unspecified atom stereocenters. The fraction of sp³-hybridized carbons (Fsp3) is 0.417. The number of carbonyl (C=O) groups is 1. The van der Waals surface area contributed by atoms with E-state index in [-0.39, 0.29) is 5.91 Å². The second-order valence-corrected chi connectivity index (χ2v) is 3.70. The summed E-state index contributed by atoms with van der Waals surface area (Å²) in [6, 6.07) is 9.35. The lowest BCUT2D eigenvalue weighted by Crippen LogP contribution is -2.41. The maximum absolute atomic E-state index is 11.6. The highest BCUT2D eigenvalue weighted by Crippen LogP contribution is 1.97. The Bertz CT molecular complexity index is 313. The topological polar surface area (TPSA) is 67.1 Å². The van der Waals surface area contributed by atoms with E-state index in [9.17, 15) is 4.79 Å². The van der Waals surface area contributed by atoms with Gasteiger partial charge in [-0.25, -0.2) is 0 Å². The second-order valence-electron chi connectivity index (χ2n) is 3.70. The molecule has 4 nitrogen and oxygen atoms in total. The van der Waals surface area contributed by atoms with E-state index in [1.807, 2.05) is 37.4 Å². The smallest absolute Gasteiger partial charge is 0.237 e. The van der Waals surface area contributed by atoms with E-state index in [2.05, 4.69) is 10.6 Å². The van der Waals surface area contributed by atoms with E-state index in [4.69, 9.17) is 5.73 Å². The van der Waals surface area contributed by atoms with Crippen molar-refractivity contribution < 1.29 is 4.79 Å². The minimum absolute atomic E-state index is 0.0981. The highest BCUT2D eigenvalue weighted by molar-refractivity contribution is 5.81. The van der Waals surface area contributed by atoms with Crippen molar-refractivity contribution in [3.05, 3.63) is 35.9 Å². The number of hydrogen-bond donors (Lipinski definition) is 3. The molecule has 0 aliphatic heterocycles. The summed E-state index contributed by atoms with van der Waals surface area (Å²) in [6.07, 6.45) is 0.650. The predicted octanol–water partition coefficient (Wildman–Crippen LogP) is 0.240. The maximum Gasteiger partial charge on any atom is 0.237 e. The van der Waals surface area contributed by atoms with Crippen LogP contribution in [0.4, 0.5) is 0 Å². The first-order valence-electron chi connectivity index (χ1n) is 5.46. The Morgan fingerprint density at radius 3 is 2.69 bits per heavy atom. The SMILES string of the molecule is CNCCC(N)C(=O)NCc1ccccc1. The average Bonchev–Trinajstić information content (AvgIpc) is 2.34. The molecular weight excluding hydrogens is 202 g/mol. The van der Waals surface area contributed by atoms with Gasteiger partial charge >= 0.3 is 0 Å². The third-order valence-electron chi connectivity index (χ3n) is 2.35. The monoisotopic (exact) mass is 221 g/mol. The van der Waals surface area contributed by atoms with Crippen LogP contribution in [0, 0.1) is 0 Å². The second kappa shape index (κ2) is 6.98. The summed E-state index contributed by atoms with van der Waals surface area (Å²) in [5.41, 5.74) is 6.80. The molecule has 0 fully saturated rings. The molecule has 1 aromatic rings. The molecule has 0 heterocycles. The van der Waals surface area contributed by atoms with E-state index >= 15 is 0 Å². The molecule has 1 rings (SSSR count). The molecule has 16 heavy (non-hydrogen) atoms. The fourth-order valence-electron chi connectivity index (χ4n) is 1.35. The van der Waals surface area contributed by atoms with Crippen LogP contribution < -0.4 is 16.4 Å². The van der Waals surface area contributed by atoms with Gasteiger partial charge in [0.25, 0.3) is 0 Å². The molecule has 4 heteroatoms. The van der Waals surface area contributed by atoms with Gasteiger partial charge in [-0.3, -0.25) is 4.79 Å². The van der Waals surface area contributed by atoms with Gasteiger partial charge in [-0.1, -0.05) is 30.3 Å². The van der Waals surface area contributed by atoms with Crippen molar-refractivity contribution in [1.82, 2.24) is 10.6 Å². The molecule has 0 radical (unpaired) electrons. The third-order valence-corrected chi connectivity index (χ3v) is 2.35. The van der Waals surface area contributed by atoms with Crippen molar-refractivity contribution in [2.45, 2.75) is 19.0 Å². The lowest BCUT2D eigenvalue weighted by atomic mass is 10.2. The summed E-state index contributed by atoms with van der Waals surface area (Å²) in [7, 11) is 1.84. The lowest BCUT2D eigenvalue weighted by Gasteiger charge is -2.11. The largest absolute Gasteiger partial charge is 0.351 e. The van der Waals surface area contributed by atoms with Gasteiger partial charge in [0.15, 0.2) is 0 Å². The molecular formula is C12H19N3O. The fourth-order valence-corrected chi connectivity index (χ4v) is 1.35. The molecule has 88 valence electrons. The molecule has 0 aromatic heterocycles. The standard InChI is InChI=1S/C12H19N3O/c1-14-8-7-11(13)12(16)15-9-10-5-3-2-4-6-10/h2-6,11,14H,7-9,13H2,1H3,(H,15,16). The quantitative estimate of drug-likeness (QED) is 0.644. The van der Waals surface area contributed by atoms with Gasteiger partial charge in [0.05, 0.1) is 6.04 Å². The Morgan fingerprint density at radius 2 is 2.06 bits per heavy atom. The molecule has 0 aliphatic rings. The Labute approximate surface area is 96.2 Å². The zero-order valence-electron chi connectivity index (χ0n) is 9.57. The van der Waals surface area contributed by atoms with Crippen LogP contribution in [0.3, 0.4) is 0 Å². The Balaban J connectivity index is 2.29. The van der Waals surface area contributed by atoms with Gasteiger partial charge in [0.2, 0.25) is 5.91 Å². The average molecular weight is 221 g/mol. The normalized spacial score (nSPS) is 12.1. The summed E-state index contributed by atoms with van der Waals surface area (Å²) >= 11 is 0. The first kappa shape index (κ1) is 12.7. The molecule has 0 aliphatic carbocycles. The Kier molecular flexibility index (Phi) is 5.53. The molecule has 1 aromatic carbocycles. The van der Waals surface area contributed by atoms with Gasteiger partial charge in [0, 0.05) is 6.54 Å². The van der Waals surface area contributed by atoms with Crippen LogP contribution in [0.2, 0.25) is 0 Å². The van der Waals surface area contributed by atoms with Crippen molar-refractivity contribution in [3.63, 3.8) is 0 Å². The minimum atomic E-state index is -0.434.